The van der Waals surface area contributed by atoms with E-state index in [1.54, 1.807) is 39.8 Å². The van der Waals surface area contributed by atoms with Crippen LogP contribution >= 0.6 is 12.4 Å². The number of carboxylic acid groups (broad SMARTS) is 2. The van der Waals surface area contributed by atoms with E-state index in [-0.39, 0.29) is 35.7 Å². The predicted molar refractivity (Wildman–Crippen MR) is 131 cm³/mol. The van der Waals surface area contributed by atoms with Crippen LogP contribution in [0, 0.1) is 11.8 Å². The summed E-state index contributed by atoms with van der Waals surface area (Å²) in [5, 5.41) is 40.3. The zero-order valence-electron chi connectivity index (χ0n) is 19.6. The molecule has 0 aliphatic rings. The molecule has 182 valence electrons. The third kappa shape index (κ3) is 13.7. The van der Waals surface area contributed by atoms with E-state index in [9.17, 15) is 19.8 Å². The van der Waals surface area contributed by atoms with Gasteiger partial charge in [-0.2, -0.15) is 0 Å². The van der Waals surface area contributed by atoms with Gasteiger partial charge in [0.1, 0.15) is 0 Å². The Balaban J connectivity index is 0. The van der Waals surface area contributed by atoms with E-state index in [0.717, 1.165) is 30.3 Å². The van der Waals surface area contributed by atoms with E-state index in [1.165, 1.54) is 18.4 Å². The summed E-state index contributed by atoms with van der Waals surface area (Å²) in [5.74, 6) is -2.08. The molecule has 0 fully saturated rings. The fourth-order valence-corrected chi connectivity index (χ4v) is 2.14. The minimum atomic E-state index is -0.741. The predicted octanol–water partition coefficient (Wildman–Crippen LogP) is 5.06. The van der Waals surface area contributed by atoms with Gasteiger partial charge >= 0.3 is 11.9 Å². The molecule has 2 rings (SSSR count). The van der Waals surface area contributed by atoms with Crippen molar-refractivity contribution >= 4 is 35.1 Å². The monoisotopic (exact) mass is 471 g/mol. The van der Waals surface area contributed by atoms with Crippen LogP contribution in [0.15, 0.2) is 30.3 Å². The summed E-state index contributed by atoms with van der Waals surface area (Å²) in [6.07, 6.45) is 3.40. The molecule has 2 aromatic rings. The minimum Gasteiger partial charge on any atom is -0.504 e. The molecule has 0 heterocycles. The number of halogens is 1. The average Bonchev–Trinajstić information content (AvgIpc) is 2.69. The SMILES string of the molecule is CC(C)C(=O)O.CC(C)C(=O)O.CCCCNCCc1ccc2cc(O)c(O)cc2c1.Cl. The normalized spacial score (nSPS) is 9.97. The summed E-state index contributed by atoms with van der Waals surface area (Å²) in [6.45, 7) is 10.8. The zero-order valence-corrected chi connectivity index (χ0v) is 20.4. The molecule has 0 atom stereocenters. The summed E-state index contributed by atoms with van der Waals surface area (Å²) in [6, 6.07) is 9.32. The van der Waals surface area contributed by atoms with Crippen LogP contribution in [0.3, 0.4) is 0 Å². The van der Waals surface area contributed by atoms with Gasteiger partial charge in [-0.3, -0.25) is 9.59 Å². The Hall–Kier alpha value is -2.51. The summed E-state index contributed by atoms with van der Waals surface area (Å²) >= 11 is 0. The lowest BCUT2D eigenvalue weighted by molar-refractivity contribution is -0.141. The molecule has 0 amide bonds. The molecule has 5 N–H and O–H groups in total. The summed E-state index contributed by atoms with van der Waals surface area (Å²) in [7, 11) is 0. The third-order valence-electron chi connectivity index (χ3n) is 4.28. The topological polar surface area (TPSA) is 127 Å². The highest BCUT2D eigenvalue weighted by Gasteiger charge is 2.03. The fourth-order valence-electron chi connectivity index (χ4n) is 2.14. The highest BCUT2D eigenvalue weighted by Crippen LogP contribution is 2.30. The maximum absolute atomic E-state index is 9.70. The first-order chi connectivity index (χ1) is 14.5. The van der Waals surface area contributed by atoms with Gasteiger partial charge in [0.2, 0.25) is 0 Å². The molecule has 32 heavy (non-hydrogen) atoms. The number of carboxylic acids is 2. The lowest BCUT2D eigenvalue weighted by Gasteiger charge is -2.07. The van der Waals surface area contributed by atoms with Crippen molar-refractivity contribution in [3.63, 3.8) is 0 Å². The molecular formula is C24H38ClNO6. The molecule has 0 bridgehead atoms. The molecule has 0 aliphatic heterocycles. The van der Waals surface area contributed by atoms with Crippen LogP contribution in [0.1, 0.15) is 53.0 Å². The standard InChI is InChI=1S/C16H21NO2.2C4H8O2.ClH/c1-2-3-7-17-8-6-12-4-5-13-10-15(18)16(19)11-14(13)9-12;2*1-3(2)4(5)6;/h4-5,9-11,17-19H,2-3,6-8H2,1H3;2*3H,1-2H3,(H,5,6);1H. The summed E-state index contributed by atoms with van der Waals surface area (Å²) in [4.78, 5) is 19.4. The number of rotatable bonds is 8. The van der Waals surface area contributed by atoms with Gasteiger partial charge < -0.3 is 25.7 Å². The number of carbonyl (C=O) groups is 2. The van der Waals surface area contributed by atoms with E-state index in [2.05, 4.69) is 24.4 Å². The van der Waals surface area contributed by atoms with Gasteiger partial charge in [-0.05, 0) is 54.4 Å². The quantitative estimate of drug-likeness (QED) is 0.269. The lowest BCUT2D eigenvalue weighted by Crippen LogP contribution is -2.18. The number of aliphatic carboxylic acids is 2. The molecule has 0 spiro atoms. The number of unbranched alkanes of at least 4 members (excludes halogenated alkanes) is 1. The Morgan fingerprint density at radius 2 is 1.31 bits per heavy atom. The first kappa shape index (κ1) is 31.7. The third-order valence-corrected chi connectivity index (χ3v) is 4.28. The fraction of sp³-hybridized carbons (Fsp3) is 0.500. The first-order valence-corrected chi connectivity index (χ1v) is 10.6. The van der Waals surface area contributed by atoms with Crippen molar-refractivity contribution in [2.24, 2.45) is 11.8 Å². The Bertz CT molecular complexity index is 805. The number of phenols is 2. The average molecular weight is 472 g/mol. The van der Waals surface area contributed by atoms with Crippen molar-refractivity contribution in [3.05, 3.63) is 35.9 Å². The Morgan fingerprint density at radius 1 is 0.844 bits per heavy atom. The molecular weight excluding hydrogens is 434 g/mol. The lowest BCUT2D eigenvalue weighted by atomic mass is 10.0. The highest BCUT2D eigenvalue weighted by atomic mass is 35.5. The van der Waals surface area contributed by atoms with E-state index in [4.69, 9.17) is 10.2 Å². The van der Waals surface area contributed by atoms with Gasteiger partial charge in [-0.15, -0.1) is 12.4 Å². The van der Waals surface area contributed by atoms with Crippen LogP contribution in [0.5, 0.6) is 11.5 Å². The smallest absolute Gasteiger partial charge is 0.305 e. The van der Waals surface area contributed by atoms with Crippen LogP contribution in [0.25, 0.3) is 10.8 Å². The van der Waals surface area contributed by atoms with Gasteiger partial charge in [0.05, 0.1) is 11.8 Å². The molecule has 8 heteroatoms. The van der Waals surface area contributed by atoms with Crippen molar-refractivity contribution in [3.8, 4) is 11.5 Å². The second-order valence-corrected chi connectivity index (χ2v) is 7.86. The van der Waals surface area contributed by atoms with Gasteiger partial charge in [-0.25, -0.2) is 0 Å². The number of hydrogen-bond donors (Lipinski definition) is 5. The Morgan fingerprint density at radius 3 is 1.75 bits per heavy atom. The maximum atomic E-state index is 9.70. The minimum absolute atomic E-state index is 0. The molecule has 0 saturated carbocycles. The van der Waals surface area contributed by atoms with E-state index < -0.39 is 11.9 Å². The molecule has 7 nitrogen and oxygen atoms in total. The Labute approximate surface area is 196 Å². The number of phenolic OH excluding ortho intramolecular Hbond substituents is 2. The van der Waals surface area contributed by atoms with Crippen LogP contribution in [-0.2, 0) is 16.0 Å². The van der Waals surface area contributed by atoms with E-state index >= 15 is 0 Å². The largest absolute Gasteiger partial charge is 0.504 e. The van der Waals surface area contributed by atoms with E-state index in [1.807, 2.05) is 6.07 Å². The maximum Gasteiger partial charge on any atom is 0.305 e. The summed E-state index contributed by atoms with van der Waals surface area (Å²) < 4.78 is 0. The number of benzene rings is 2. The Kier molecular flexibility index (Phi) is 16.9. The van der Waals surface area contributed by atoms with Gasteiger partial charge in [-0.1, -0.05) is 59.2 Å². The second-order valence-electron chi connectivity index (χ2n) is 7.86. The molecule has 0 radical (unpaired) electrons. The van der Waals surface area contributed by atoms with Gasteiger partial charge in [0.25, 0.3) is 0 Å². The van der Waals surface area contributed by atoms with Crippen molar-refractivity contribution < 1.29 is 30.0 Å². The second kappa shape index (κ2) is 17.1. The number of hydrogen-bond acceptors (Lipinski definition) is 5. The van der Waals surface area contributed by atoms with Crippen molar-refractivity contribution in [2.75, 3.05) is 13.1 Å². The number of nitrogens with one attached hydrogen (secondary N) is 1. The van der Waals surface area contributed by atoms with Crippen molar-refractivity contribution in [1.29, 1.82) is 0 Å². The van der Waals surface area contributed by atoms with Gasteiger partial charge in [0, 0.05) is 0 Å². The number of fused-ring (bicyclic) bond motifs is 1. The van der Waals surface area contributed by atoms with Crippen LogP contribution in [0.2, 0.25) is 0 Å². The molecule has 0 saturated heterocycles. The number of aromatic hydroxyl groups is 2. The van der Waals surface area contributed by atoms with Crippen LogP contribution < -0.4 is 5.32 Å². The molecule has 0 aliphatic carbocycles. The van der Waals surface area contributed by atoms with Crippen molar-refractivity contribution in [2.45, 2.75) is 53.9 Å². The molecule has 0 unspecified atom stereocenters. The van der Waals surface area contributed by atoms with E-state index in [0.29, 0.717) is 0 Å². The van der Waals surface area contributed by atoms with Gasteiger partial charge in [0.15, 0.2) is 11.5 Å². The highest BCUT2D eigenvalue weighted by molar-refractivity contribution is 5.86. The summed E-state index contributed by atoms with van der Waals surface area (Å²) in [5.41, 5.74) is 1.24. The van der Waals surface area contributed by atoms with Crippen LogP contribution in [0.4, 0.5) is 0 Å². The molecule has 2 aromatic carbocycles. The molecule has 0 aromatic heterocycles. The first-order valence-electron chi connectivity index (χ1n) is 10.6. The van der Waals surface area contributed by atoms with Crippen LogP contribution in [-0.4, -0.2) is 45.5 Å². The van der Waals surface area contributed by atoms with Crippen molar-refractivity contribution in [1.82, 2.24) is 5.32 Å². The zero-order chi connectivity index (χ0) is 24.0.